The van der Waals surface area contributed by atoms with Gasteiger partial charge in [-0.3, -0.25) is 9.59 Å². The Kier molecular flexibility index (Phi) is 7.51. The SMILES string of the molecule is CC(NC(=O)C(N)CCCCN)C(=O)NCc1cc2ccccc2oc1=O. The lowest BCUT2D eigenvalue weighted by Gasteiger charge is -2.17. The van der Waals surface area contributed by atoms with Gasteiger partial charge in [0.15, 0.2) is 0 Å². The van der Waals surface area contributed by atoms with Crippen LogP contribution in [0.15, 0.2) is 39.5 Å². The smallest absolute Gasteiger partial charge is 0.341 e. The van der Waals surface area contributed by atoms with E-state index >= 15 is 0 Å². The molecule has 2 aromatic rings. The molecule has 0 aliphatic carbocycles. The molecule has 6 N–H and O–H groups in total. The fourth-order valence-corrected chi connectivity index (χ4v) is 2.59. The van der Waals surface area contributed by atoms with Crippen LogP contribution in [0.5, 0.6) is 0 Å². The normalized spacial score (nSPS) is 13.1. The molecule has 2 unspecified atom stereocenters. The Hall–Kier alpha value is -2.71. The van der Waals surface area contributed by atoms with E-state index in [0.717, 1.165) is 18.2 Å². The molecule has 0 bridgehead atoms. The van der Waals surface area contributed by atoms with Crippen molar-refractivity contribution in [3.05, 3.63) is 46.3 Å². The summed E-state index contributed by atoms with van der Waals surface area (Å²) in [5.41, 5.74) is 11.5. The molecule has 1 aromatic heterocycles. The molecular weight excluding hydrogens is 348 g/mol. The summed E-state index contributed by atoms with van der Waals surface area (Å²) in [6, 6.07) is 7.35. The maximum atomic E-state index is 12.2. The first-order valence-electron chi connectivity index (χ1n) is 8.98. The lowest BCUT2D eigenvalue weighted by molar-refractivity contribution is -0.129. The van der Waals surface area contributed by atoms with Crippen LogP contribution in [0.4, 0.5) is 0 Å². The summed E-state index contributed by atoms with van der Waals surface area (Å²) in [4.78, 5) is 36.2. The third-order valence-corrected chi connectivity index (χ3v) is 4.22. The van der Waals surface area contributed by atoms with Crippen LogP contribution in [-0.2, 0) is 16.1 Å². The Labute approximate surface area is 157 Å². The number of hydrogen-bond acceptors (Lipinski definition) is 6. The number of benzene rings is 1. The fraction of sp³-hybridized carbons (Fsp3) is 0.421. The van der Waals surface area contributed by atoms with Gasteiger partial charge in [0, 0.05) is 5.39 Å². The number of carbonyl (C=O) groups excluding carboxylic acids is 2. The zero-order valence-corrected chi connectivity index (χ0v) is 15.4. The number of hydrogen-bond donors (Lipinski definition) is 4. The highest BCUT2D eigenvalue weighted by molar-refractivity contribution is 5.89. The van der Waals surface area contributed by atoms with Crippen LogP contribution in [0.3, 0.4) is 0 Å². The molecule has 0 spiro atoms. The van der Waals surface area contributed by atoms with Crippen molar-refractivity contribution in [1.29, 1.82) is 0 Å². The van der Waals surface area contributed by atoms with Gasteiger partial charge >= 0.3 is 5.63 Å². The number of para-hydroxylation sites is 1. The highest BCUT2D eigenvalue weighted by Gasteiger charge is 2.20. The Morgan fingerprint density at radius 2 is 1.93 bits per heavy atom. The largest absolute Gasteiger partial charge is 0.422 e. The van der Waals surface area contributed by atoms with E-state index in [1.165, 1.54) is 0 Å². The topological polar surface area (TPSA) is 140 Å². The van der Waals surface area contributed by atoms with Crippen LogP contribution in [0.25, 0.3) is 11.0 Å². The van der Waals surface area contributed by atoms with Crippen LogP contribution < -0.4 is 27.7 Å². The van der Waals surface area contributed by atoms with Gasteiger partial charge in [-0.15, -0.1) is 0 Å². The van der Waals surface area contributed by atoms with E-state index in [1.807, 2.05) is 12.1 Å². The average Bonchev–Trinajstić information content (AvgIpc) is 2.65. The van der Waals surface area contributed by atoms with Gasteiger partial charge in [-0.05, 0) is 38.4 Å². The number of fused-ring (bicyclic) bond motifs is 1. The van der Waals surface area contributed by atoms with E-state index in [2.05, 4.69) is 10.6 Å². The van der Waals surface area contributed by atoms with E-state index < -0.39 is 23.6 Å². The van der Waals surface area contributed by atoms with Crippen molar-refractivity contribution >= 4 is 22.8 Å². The predicted octanol–water partition coefficient (Wildman–Crippen LogP) is 0.370. The van der Waals surface area contributed by atoms with Gasteiger partial charge in [0.25, 0.3) is 0 Å². The van der Waals surface area contributed by atoms with E-state index in [-0.39, 0.29) is 12.5 Å². The summed E-state index contributed by atoms with van der Waals surface area (Å²) in [6.07, 6.45) is 2.06. The second-order valence-corrected chi connectivity index (χ2v) is 6.44. The average molecular weight is 374 g/mol. The molecule has 0 radical (unpaired) electrons. The molecule has 146 valence electrons. The van der Waals surface area contributed by atoms with Crippen molar-refractivity contribution in [3.63, 3.8) is 0 Å². The van der Waals surface area contributed by atoms with Crippen molar-refractivity contribution in [1.82, 2.24) is 10.6 Å². The van der Waals surface area contributed by atoms with Crippen LogP contribution in [-0.4, -0.2) is 30.4 Å². The maximum Gasteiger partial charge on any atom is 0.341 e. The molecule has 0 saturated heterocycles. The van der Waals surface area contributed by atoms with E-state index in [1.54, 1.807) is 25.1 Å². The Morgan fingerprint density at radius 3 is 2.67 bits per heavy atom. The quantitative estimate of drug-likeness (QED) is 0.369. The van der Waals surface area contributed by atoms with Crippen LogP contribution >= 0.6 is 0 Å². The molecule has 2 rings (SSSR count). The molecule has 0 aliphatic heterocycles. The van der Waals surface area contributed by atoms with Crippen molar-refractivity contribution in [2.45, 2.75) is 44.8 Å². The molecule has 0 saturated carbocycles. The summed E-state index contributed by atoms with van der Waals surface area (Å²) in [6.45, 7) is 2.12. The lowest BCUT2D eigenvalue weighted by atomic mass is 10.1. The Balaban J connectivity index is 1.88. The van der Waals surface area contributed by atoms with Gasteiger partial charge in [-0.2, -0.15) is 0 Å². The molecule has 0 aliphatic rings. The first-order valence-corrected chi connectivity index (χ1v) is 8.98. The Morgan fingerprint density at radius 1 is 1.19 bits per heavy atom. The van der Waals surface area contributed by atoms with Gasteiger partial charge in [0.1, 0.15) is 11.6 Å². The van der Waals surface area contributed by atoms with Gasteiger partial charge in [-0.25, -0.2) is 4.79 Å². The minimum Gasteiger partial charge on any atom is -0.422 e. The predicted molar refractivity (Wildman–Crippen MR) is 103 cm³/mol. The van der Waals surface area contributed by atoms with E-state index in [9.17, 15) is 14.4 Å². The number of amides is 2. The standard InChI is InChI=1S/C19H26N4O4/c1-12(23-18(25)15(21)7-4-5-9-20)17(24)22-11-14-10-13-6-2-3-8-16(13)27-19(14)26/h2-3,6,8,10,12,15H,4-5,7,9,11,20-21H2,1H3,(H,22,24)(H,23,25). The van der Waals surface area contributed by atoms with Crippen molar-refractivity contribution in [3.8, 4) is 0 Å². The molecule has 2 amide bonds. The molecule has 2 atom stereocenters. The number of carbonyl (C=O) groups is 2. The highest BCUT2D eigenvalue weighted by atomic mass is 16.4. The third-order valence-electron chi connectivity index (χ3n) is 4.22. The second-order valence-electron chi connectivity index (χ2n) is 6.44. The van der Waals surface area contributed by atoms with Gasteiger partial charge in [0.05, 0.1) is 18.2 Å². The minimum absolute atomic E-state index is 0.00870. The number of nitrogens with two attached hydrogens (primary N) is 2. The number of unbranched alkanes of at least 4 members (excludes halogenated alkanes) is 1. The van der Waals surface area contributed by atoms with E-state index in [0.29, 0.717) is 24.1 Å². The fourth-order valence-electron chi connectivity index (χ4n) is 2.59. The molecule has 0 fully saturated rings. The van der Waals surface area contributed by atoms with Gasteiger partial charge in [0.2, 0.25) is 11.8 Å². The first-order chi connectivity index (χ1) is 12.9. The molecular formula is C19H26N4O4. The number of nitrogens with one attached hydrogen (secondary N) is 2. The number of rotatable bonds is 9. The summed E-state index contributed by atoms with van der Waals surface area (Å²) >= 11 is 0. The molecule has 27 heavy (non-hydrogen) atoms. The van der Waals surface area contributed by atoms with Gasteiger partial charge < -0.3 is 26.5 Å². The zero-order valence-electron chi connectivity index (χ0n) is 15.4. The highest BCUT2D eigenvalue weighted by Crippen LogP contribution is 2.12. The summed E-state index contributed by atoms with van der Waals surface area (Å²) in [7, 11) is 0. The molecule has 1 aromatic carbocycles. The van der Waals surface area contributed by atoms with Crippen LogP contribution in [0.1, 0.15) is 31.7 Å². The van der Waals surface area contributed by atoms with E-state index in [4.69, 9.17) is 15.9 Å². The molecule has 8 nitrogen and oxygen atoms in total. The first kappa shape index (κ1) is 20.6. The van der Waals surface area contributed by atoms with Crippen molar-refractivity contribution in [2.24, 2.45) is 11.5 Å². The second kappa shape index (κ2) is 9.84. The summed E-state index contributed by atoms with van der Waals surface area (Å²) in [5.74, 6) is -0.801. The summed E-state index contributed by atoms with van der Waals surface area (Å²) < 4.78 is 5.23. The van der Waals surface area contributed by atoms with Crippen molar-refractivity contribution < 1.29 is 14.0 Å². The third kappa shape index (κ3) is 5.90. The van der Waals surface area contributed by atoms with Crippen molar-refractivity contribution in [2.75, 3.05) is 6.54 Å². The Bertz CT molecular complexity index is 849. The molecule has 1 heterocycles. The van der Waals surface area contributed by atoms with Crippen LogP contribution in [0, 0.1) is 0 Å². The zero-order chi connectivity index (χ0) is 19.8. The maximum absolute atomic E-state index is 12.2. The summed E-state index contributed by atoms with van der Waals surface area (Å²) in [5, 5.41) is 5.98. The van der Waals surface area contributed by atoms with Crippen LogP contribution in [0.2, 0.25) is 0 Å². The monoisotopic (exact) mass is 374 g/mol. The lowest BCUT2D eigenvalue weighted by Crippen LogP contribution is -2.50. The minimum atomic E-state index is -0.773. The molecule has 8 heteroatoms. The van der Waals surface area contributed by atoms with Gasteiger partial charge in [-0.1, -0.05) is 24.6 Å².